The molecular formula is C35H35N5O8S. The predicted octanol–water partition coefficient (Wildman–Crippen LogP) is 2.86. The van der Waals surface area contributed by atoms with E-state index in [4.69, 9.17) is 14.2 Å². The summed E-state index contributed by atoms with van der Waals surface area (Å²) in [7, 11) is -0.522. The number of ether oxygens (including phenoxy) is 3. The van der Waals surface area contributed by atoms with E-state index in [-0.39, 0.29) is 38.1 Å². The number of carbonyl (C=O) groups excluding carboxylic acids is 3. The lowest BCUT2D eigenvalue weighted by Gasteiger charge is -2.22. The first-order chi connectivity index (χ1) is 23.5. The van der Waals surface area contributed by atoms with Crippen LogP contribution in [0.4, 0.5) is 5.69 Å². The Balaban J connectivity index is 1.31. The summed E-state index contributed by atoms with van der Waals surface area (Å²) < 4.78 is 42.8. The highest BCUT2D eigenvalue weighted by Crippen LogP contribution is 2.29. The summed E-state index contributed by atoms with van der Waals surface area (Å²) >= 11 is 0. The highest BCUT2D eigenvalue weighted by atomic mass is 32.2. The number of methoxy groups -OCH3 is 1. The number of aromatic nitrogens is 1. The highest BCUT2D eigenvalue weighted by molar-refractivity contribution is 7.92. The summed E-state index contributed by atoms with van der Waals surface area (Å²) in [4.78, 5) is 45.8. The number of pyridine rings is 1. The second-order valence-electron chi connectivity index (χ2n) is 11.8. The van der Waals surface area contributed by atoms with Gasteiger partial charge < -0.3 is 29.7 Å². The summed E-state index contributed by atoms with van der Waals surface area (Å²) in [5.41, 5.74) is 3.20. The second-order valence-corrected chi connectivity index (χ2v) is 13.8. The highest BCUT2D eigenvalue weighted by Gasteiger charge is 2.38. The minimum atomic E-state index is -3.47. The van der Waals surface area contributed by atoms with Gasteiger partial charge in [-0.2, -0.15) is 0 Å². The number of sulfonamides is 1. The summed E-state index contributed by atoms with van der Waals surface area (Å²) in [6.07, 6.45) is 3.55. The number of nitrogens with one attached hydrogen (secondary N) is 2. The van der Waals surface area contributed by atoms with E-state index in [9.17, 15) is 22.8 Å². The fourth-order valence-corrected chi connectivity index (χ4v) is 6.14. The first kappa shape index (κ1) is 33.3. The lowest BCUT2D eigenvalue weighted by atomic mass is 10.1. The van der Waals surface area contributed by atoms with Crippen LogP contribution >= 0.6 is 0 Å². The quantitative estimate of drug-likeness (QED) is 0.330. The zero-order chi connectivity index (χ0) is 34.7. The third-order valence-electron chi connectivity index (χ3n) is 8.40. The molecule has 0 spiro atoms. The largest absolute Gasteiger partial charge is 0.496 e. The fraction of sp³-hybridized carbons (Fsp3) is 0.257. The van der Waals surface area contributed by atoms with Crippen molar-refractivity contribution in [2.45, 2.75) is 18.7 Å². The number of carbonyl (C=O) groups is 3. The Morgan fingerprint density at radius 1 is 0.959 bits per heavy atom. The molecule has 1 fully saturated rings. The summed E-state index contributed by atoms with van der Waals surface area (Å²) in [6, 6.07) is 19.7. The van der Waals surface area contributed by atoms with Crippen LogP contribution in [0.1, 0.15) is 26.3 Å². The summed E-state index contributed by atoms with van der Waals surface area (Å²) in [5, 5.41) is 5.89. The molecule has 0 radical (unpaired) electrons. The smallest absolute Gasteiger partial charge is 0.258 e. The van der Waals surface area contributed by atoms with Crippen LogP contribution in [0, 0.1) is 0 Å². The van der Waals surface area contributed by atoms with Crippen molar-refractivity contribution >= 4 is 33.4 Å². The summed E-state index contributed by atoms with van der Waals surface area (Å²) in [6.45, 7) is 0.287. The average Bonchev–Trinajstić information content (AvgIpc) is 3.50. The van der Waals surface area contributed by atoms with Gasteiger partial charge in [0.2, 0.25) is 10.0 Å². The van der Waals surface area contributed by atoms with E-state index >= 15 is 0 Å². The Kier molecular flexibility index (Phi) is 9.40. The molecule has 49 heavy (non-hydrogen) atoms. The maximum absolute atomic E-state index is 13.7. The number of benzene rings is 3. The first-order valence-corrected chi connectivity index (χ1v) is 17.3. The molecule has 4 aromatic rings. The van der Waals surface area contributed by atoms with Crippen molar-refractivity contribution in [1.29, 1.82) is 0 Å². The number of nitrogens with zero attached hydrogens (tertiary/aromatic N) is 3. The van der Waals surface area contributed by atoms with Gasteiger partial charge in [-0.15, -0.1) is 0 Å². The maximum Gasteiger partial charge on any atom is 0.258 e. The predicted molar refractivity (Wildman–Crippen MR) is 181 cm³/mol. The van der Waals surface area contributed by atoms with Gasteiger partial charge >= 0.3 is 0 Å². The van der Waals surface area contributed by atoms with Gasteiger partial charge in [0.15, 0.2) is 6.61 Å². The van der Waals surface area contributed by atoms with Crippen LogP contribution in [0.3, 0.4) is 0 Å². The Labute approximate surface area is 283 Å². The number of amides is 3. The standard InChI is InChI=1S/C35H35N5O8S/c1-39(49(3,44)45)27-10-7-22(8-11-27)35(43)40-19-30-32(20-40)48-29-12-9-24(31(15-29)46-2)18-37-33(41)21-47-28-6-4-5-23(14-28)25-13-26(17-36-16-25)34(42)38-30/h4-17,30,32H,18-21H2,1-3H3,(H,37,41)(H,38,42)/t30-,32-/m0/s1. The lowest BCUT2D eigenvalue weighted by molar-refractivity contribution is -0.123. The van der Waals surface area contributed by atoms with Crippen molar-refractivity contribution in [1.82, 2.24) is 20.5 Å². The summed E-state index contributed by atoms with van der Waals surface area (Å²) in [5.74, 6) is 0.373. The zero-order valence-corrected chi connectivity index (χ0v) is 27.9. The third kappa shape index (κ3) is 7.59. The number of likely N-dealkylation sites (tertiary alicyclic amines) is 1. The molecule has 1 saturated heterocycles. The molecule has 0 aliphatic carbocycles. The Hall–Kier alpha value is -5.63. The molecule has 3 aromatic carbocycles. The molecule has 0 saturated carbocycles. The van der Waals surface area contributed by atoms with E-state index in [1.807, 2.05) is 6.07 Å². The van der Waals surface area contributed by atoms with E-state index in [0.717, 1.165) is 16.1 Å². The molecule has 7 rings (SSSR count). The third-order valence-corrected chi connectivity index (χ3v) is 9.61. The molecule has 0 unspecified atom stereocenters. The van der Waals surface area contributed by atoms with Crippen LogP contribution < -0.4 is 29.1 Å². The molecule has 3 amide bonds. The normalized spacial score (nSPS) is 17.9. The minimum Gasteiger partial charge on any atom is -0.496 e. The Bertz CT molecular complexity index is 2000. The molecule has 3 aliphatic heterocycles. The van der Waals surface area contributed by atoms with Crippen molar-refractivity contribution in [2.24, 2.45) is 0 Å². The van der Waals surface area contributed by atoms with Gasteiger partial charge in [0, 0.05) is 55.3 Å². The van der Waals surface area contributed by atoms with Crippen LogP contribution in [0.2, 0.25) is 0 Å². The molecule has 6 bridgehead atoms. The minimum absolute atomic E-state index is 0.147. The van der Waals surface area contributed by atoms with Crippen molar-refractivity contribution in [3.05, 3.63) is 102 Å². The van der Waals surface area contributed by atoms with Crippen LogP contribution in [-0.2, 0) is 21.4 Å². The van der Waals surface area contributed by atoms with E-state index in [1.165, 1.54) is 20.4 Å². The molecule has 13 nitrogen and oxygen atoms in total. The monoisotopic (exact) mass is 685 g/mol. The number of hydrogen-bond acceptors (Lipinski definition) is 9. The van der Waals surface area contributed by atoms with Gasteiger partial charge in [-0.25, -0.2) is 8.42 Å². The Morgan fingerprint density at radius 3 is 2.49 bits per heavy atom. The number of hydrogen-bond donors (Lipinski definition) is 2. The lowest BCUT2D eigenvalue weighted by Crippen LogP contribution is -2.45. The second kappa shape index (κ2) is 13.8. The topological polar surface area (TPSA) is 156 Å². The molecule has 14 heteroatoms. The van der Waals surface area contributed by atoms with Gasteiger partial charge in [0.1, 0.15) is 23.4 Å². The zero-order valence-electron chi connectivity index (χ0n) is 27.1. The molecule has 2 N–H and O–H groups in total. The van der Waals surface area contributed by atoms with Crippen LogP contribution in [-0.4, -0.2) is 88.3 Å². The molecule has 1 aromatic heterocycles. The molecule has 254 valence electrons. The maximum atomic E-state index is 13.7. The van der Waals surface area contributed by atoms with E-state index in [2.05, 4.69) is 15.6 Å². The average molecular weight is 686 g/mol. The number of anilines is 1. The SMILES string of the molecule is COc1cc2ccc1CNC(=O)COc1cccc(c1)-c1cncc(c1)C(=O)N[C@H]1CN(C(=O)c3ccc(N(C)S(C)(=O)=O)cc3)C[C@@H]1O2. The van der Waals surface area contributed by atoms with Crippen molar-refractivity contribution < 1.29 is 37.0 Å². The van der Waals surface area contributed by atoms with Crippen LogP contribution in [0.15, 0.2) is 85.2 Å². The molecule has 2 atom stereocenters. The Morgan fingerprint density at radius 2 is 1.73 bits per heavy atom. The molecule has 3 aliphatic rings. The van der Waals surface area contributed by atoms with Crippen LogP contribution in [0.5, 0.6) is 17.2 Å². The van der Waals surface area contributed by atoms with Gasteiger partial charge in [-0.1, -0.05) is 12.1 Å². The first-order valence-electron chi connectivity index (χ1n) is 15.4. The number of fused-ring (bicyclic) bond motifs is 7. The van der Waals surface area contributed by atoms with E-state index in [0.29, 0.717) is 45.2 Å². The molecule has 4 heterocycles. The van der Waals surface area contributed by atoms with Crippen molar-refractivity contribution in [3.63, 3.8) is 0 Å². The molecular weight excluding hydrogens is 650 g/mol. The number of rotatable bonds is 4. The van der Waals surface area contributed by atoms with Gasteiger partial charge in [0.05, 0.1) is 37.2 Å². The van der Waals surface area contributed by atoms with Gasteiger partial charge in [-0.3, -0.25) is 23.7 Å². The van der Waals surface area contributed by atoms with Crippen molar-refractivity contribution in [3.8, 4) is 28.4 Å². The van der Waals surface area contributed by atoms with Crippen molar-refractivity contribution in [2.75, 3.05) is 44.4 Å². The van der Waals surface area contributed by atoms with E-state index in [1.54, 1.807) is 77.8 Å². The van der Waals surface area contributed by atoms with E-state index < -0.39 is 28.1 Å². The fourth-order valence-electron chi connectivity index (χ4n) is 5.64. The van der Waals surface area contributed by atoms with Gasteiger partial charge in [-0.05, 0) is 60.2 Å². The van der Waals surface area contributed by atoms with Gasteiger partial charge in [0.25, 0.3) is 17.7 Å². The van der Waals surface area contributed by atoms with Crippen LogP contribution in [0.25, 0.3) is 11.1 Å².